The lowest BCUT2D eigenvalue weighted by molar-refractivity contribution is -0.145. The molecule has 132 valence electrons. The van der Waals surface area contributed by atoms with Crippen molar-refractivity contribution < 1.29 is 19.1 Å². The number of carbonyl (C=O) groups excluding carboxylic acids is 2. The summed E-state index contributed by atoms with van der Waals surface area (Å²) >= 11 is 0. The second-order valence-corrected chi connectivity index (χ2v) is 5.84. The molecule has 0 aliphatic rings. The lowest BCUT2D eigenvalue weighted by atomic mass is 10.0. The number of methoxy groups -OCH3 is 1. The number of hydrogen-bond acceptors (Lipinski definition) is 4. The van der Waals surface area contributed by atoms with E-state index in [1.165, 1.54) is 6.92 Å². The highest BCUT2D eigenvalue weighted by molar-refractivity contribution is 5.76. The molecule has 0 aromatic heterocycles. The minimum atomic E-state index is -0.414. The molecule has 1 amide bonds. The molecule has 2 rings (SSSR count). The fourth-order valence-corrected chi connectivity index (χ4v) is 2.50. The first kappa shape index (κ1) is 18.5. The minimum Gasteiger partial charge on any atom is -0.496 e. The van der Waals surface area contributed by atoms with Crippen molar-refractivity contribution in [2.24, 2.45) is 0 Å². The van der Waals surface area contributed by atoms with Gasteiger partial charge in [0.25, 0.3) is 0 Å². The lowest BCUT2D eigenvalue weighted by Gasteiger charge is -2.18. The van der Waals surface area contributed by atoms with E-state index >= 15 is 0 Å². The zero-order chi connectivity index (χ0) is 18.2. The summed E-state index contributed by atoms with van der Waals surface area (Å²) in [5.41, 5.74) is 2.78. The number of ether oxygens (including phenoxy) is 2. The maximum Gasteiger partial charge on any atom is 0.308 e. The fraction of sp³-hybridized carbons (Fsp3) is 0.300. The van der Waals surface area contributed by atoms with Crippen LogP contribution >= 0.6 is 0 Å². The zero-order valence-electron chi connectivity index (χ0n) is 14.7. The summed E-state index contributed by atoms with van der Waals surface area (Å²) in [5.74, 6) is 0.0978. The van der Waals surface area contributed by atoms with Crippen molar-refractivity contribution >= 4 is 11.9 Å². The van der Waals surface area contributed by atoms with Crippen LogP contribution in [0, 0.1) is 6.92 Å². The SMILES string of the molecule is COc1ccccc1COC(=O)CC(NC(C)=O)c1ccc(C)cc1. The first-order valence-electron chi connectivity index (χ1n) is 8.10. The van der Waals surface area contributed by atoms with Crippen LogP contribution < -0.4 is 10.1 Å². The predicted octanol–water partition coefficient (Wildman–Crippen LogP) is 3.31. The number of aryl methyl sites for hydroxylation is 1. The maximum atomic E-state index is 12.2. The monoisotopic (exact) mass is 341 g/mol. The van der Waals surface area contributed by atoms with Gasteiger partial charge >= 0.3 is 5.97 Å². The first-order chi connectivity index (χ1) is 12.0. The van der Waals surface area contributed by atoms with E-state index in [4.69, 9.17) is 9.47 Å². The Morgan fingerprint density at radius 2 is 1.76 bits per heavy atom. The summed E-state index contributed by atoms with van der Waals surface area (Å²) in [4.78, 5) is 23.7. The molecular weight excluding hydrogens is 318 g/mol. The maximum absolute atomic E-state index is 12.2. The van der Waals surface area contributed by atoms with Gasteiger partial charge in [-0.2, -0.15) is 0 Å². The molecule has 0 aliphatic heterocycles. The summed E-state index contributed by atoms with van der Waals surface area (Å²) in [6.45, 7) is 3.55. The topological polar surface area (TPSA) is 64.6 Å². The Labute approximate surface area is 148 Å². The third-order valence-electron chi connectivity index (χ3n) is 3.81. The van der Waals surface area contributed by atoms with Crippen LogP contribution in [0.1, 0.15) is 36.1 Å². The minimum absolute atomic E-state index is 0.0673. The van der Waals surface area contributed by atoms with Crippen LogP contribution in [0.25, 0.3) is 0 Å². The molecular formula is C20H23NO4. The van der Waals surface area contributed by atoms with Gasteiger partial charge in [0.2, 0.25) is 5.91 Å². The summed E-state index contributed by atoms with van der Waals surface area (Å²) in [6, 6.07) is 14.7. The molecule has 5 heteroatoms. The van der Waals surface area contributed by atoms with Crippen LogP contribution in [0.4, 0.5) is 0 Å². The number of benzene rings is 2. The van der Waals surface area contributed by atoms with Crippen molar-refractivity contribution in [2.75, 3.05) is 7.11 Å². The van der Waals surface area contributed by atoms with Crippen LogP contribution in [-0.2, 0) is 20.9 Å². The van der Waals surface area contributed by atoms with E-state index in [0.29, 0.717) is 5.75 Å². The number of hydrogen-bond donors (Lipinski definition) is 1. The third kappa shape index (κ3) is 5.64. The number of carbonyl (C=O) groups is 2. The fourth-order valence-electron chi connectivity index (χ4n) is 2.50. The highest BCUT2D eigenvalue weighted by Crippen LogP contribution is 2.21. The van der Waals surface area contributed by atoms with E-state index in [-0.39, 0.29) is 24.9 Å². The number of nitrogens with one attached hydrogen (secondary N) is 1. The van der Waals surface area contributed by atoms with Crippen LogP contribution in [0.3, 0.4) is 0 Å². The van der Waals surface area contributed by atoms with Crippen molar-refractivity contribution in [3.8, 4) is 5.75 Å². The highest BCUT2D eigenvalue weighted by atomic mass is 16.5. The largest absolute Gasteiger partial charge is 0.496 e. The molecule has 0 bridgehead atoms. The molecule has 0 saturated heterocycles. The van der Waals surface area contributed by atoms with Crippen LogP contribution in [-0.4, -0.2) is 19.0 Å². The Morgan fingerprint density at radius 3 is 2.40 bits per heavy atom. The van der Waals surface area contributed by atoms with Gasteiger partial charge in [-0.05, 0) is 18.6 Å². The van der Waals surface area contributed by atoms with Crippen molar-refractivity contribution in [1.82, 2.24) is 5.32 Å². The summed E-state index contributed by atoms with van der Waals surface area (Å²) in [5, 5.41) is 2.80. The highest BCUT2D eigenvalue weighted by Gasteiger charge is 2.18. The van der Waals surface area contributed by atoms with Crippen LogP contribution in [0.15, 0.2) is 48.5 Å². The summed E-state index contributed by atoms with van der Waals surface area (Å²) in [6.07, 6.45) is 0.0673. The van der Waals surface area contributed by atoms with E-state index < -0.39 is 6.04 Å². The second kappa shape index (κ2) is 8.87. The van der Waals surface area contributed by atoms with E-state index in [9.17, 15) is 9.59 Å². The Bertz CT molecular complexity index is 725. The van der Waals surface area contributed by atoms with Gasteiger partial charge in [0.15, 0.2) is 0 Å². The second-order valence-electron chi connectivity index (χ2n) is 5.84. The van der Waals surface area contributed by atoms with Gasteiger partial charge in [-0.1, -0.05) is 48.0 Å². The number of esters is 1. The molecule has 0 saturated carbocycles. The molecule has 2 aromatic rings. The Hall–Kier alpha value is -2.82. The molecule has 1 N–H and O–H groups in total. The summed E-state index contributed by atoms with van der Waals surface area (Å²) < 4.78 is 10.6. The Morgan fingerprint density at radius 1 is 1.08 bits per heavy atom. The van der Waals surface area contributed by atoms with Crippen molar-refractivity contribution in [2.45, 2.75) is 32.9 Å². The standard InChI is InChI=1S/C20H23NO4/c1-14-8-10-16(11-9-14)18(21-15(2)22)12-20(23)25-13-17-6-4-5-7-19(17)24-3/h4-11,18H,12-13H2,1-3H3,(H,21,22). The Kier molecular flexibility index (Phi) is 6.57. The van der Waals surface area contributed by atoms with E-state index in [1.807, 2.05) is 55.5 Å². The van der Waals surface area contributed by atoms with Crippen molar-refractivity contribution in [3.05, 3.63) is 65.2 Å². The number of amides is 1. The average molecular weight is 341 g/mol. The van der Waals surface area contributed by atoms with Gasteiger partial charge in [0, 0.05) is 12.5 Å². The van der Waals surface area contributed by atoms with Gasteiger partial charge < -0.3 is 14.8 Å². The quantitative estimate of drug-likeness (QED) is 0.785. The molecule has 0 spiro atoms. The molecule has 0 aliphatic carbocycles. The van der Waals surface area contributed by atoms with E-state index in [0.717, 1.165) is 16.7 Å². The zero-order valence-corrected chi connectivity index (χ0v) is 14.7. The third-order valence-corrected chi connectivity index (χ3v) is 3.81. The molecule has 1 unspecified atom stereocenters. The molecule has 0 heterocycles. The molecule has 0 radical (unpaired) electrons. The van der Waals surface area contributed by atoms with Gasteiger partial charge in [0.1, 0.15) is 12.4 Å². The van der Waals surface area contributed by atoms with Crippen LogP contribution in [0.5, 0.6) is 5.75 Å². The molecule has 1 atom stereocenters. The average Bonchev–Trinajstić information content (AvgIpc) is 2.60. The lowest BCUT2D eigenvalue weighted by Crippen LogP contribution is -2.28. The predicted molar refractivity (Wildman–Crippen MR) is 95.1 cm³/mol. The Balaban J connectivity index is 2.01. The molecule has 2 aromatic carbocycles. The van der Waals surface area contributed by atoms with Gasteiger partial charge in [-0.15, -0.1) is 0 Å². The summed E-state index contributed by atoms with van der Waals surface area (Å²) in [7, 11) is 1.57. The van der Waals surface area contributed by atoms with Gasteiger partial charge in [-0.3, -0.25) is 9.59 Å². The van der Waals surface area contributed by atoms with Gasteiger partial charge in [-0.25, -0.2) is 0 Å². The molecule has 25 heavy (non-hydrogen) atoms. The van der Waals surface area contributed by atoms with E-state index in [2.05, 4.69) is 5.32 Å². The van der Waals surface area contributed by atoms with Crippen molar-refractivity contribution in [3.63, 3.8) is 0 Å². The normalized spacial score (nSPS) is 11.5. The first-order valence-corrected chi connectivity index (χ1v) is 8.10. The smallest absolute Gasteiger partial charge is 0.308 e. The number of rotatable bonds is 7. The van der Waals surface area contributed by atoms with Gasteiger partial charge in [0.05, 0.1) is 19.6 Å². The van der Waals surface area contributed by atoms with Crippen LogP contribution in [0.2, 0.25) is 0 Å². The van der Waals surface area contributed by atoms with E-state index in [1.54, 1.807) is 7.11 Å². The number of para-hydroxylation sites is 1. The van der Waals surface area contributed by atoms with Crippen molar-refractivity contribution in [1.29, 1.82) is 0 Å². The molecule has 5 nitrogen and oxygen atoms in total. The molecule has 0 fully saturated rings.